The minimum absolute atomic E-state index is 0.0750. The van der Waals surface area contributed by atoms with E-state index in [4.69, 9.17) is 19.7 Å². The van der Waals surface area contributed by atoms with E-state index in [1.165, 1.54) is 13.2 Å². The number of rotatable bonds is 9. The monoisotopic (exact) mass is 501 g/mol. The third-order valence-corrected chi connectivity index (χ3v) is 6.18. The molecule has 0 aliphatic carbocycles. The quantitative estimate of drug-likeness (QED) is 0.425. The number of benzene rings is 1. The van der Waals surface area contributed by atoms with Gasteiger partial charge >= 0.3 is 18.0 Å². The average Bonchev–Trinajstić information content (AvgIpc) is 2.91. The normalized spacial score (nSPS) is 19.1. The lowest BCUT2D eigenvalue weighted by atomic mass is 9.85. The summed E-state index contributed by atoms with van der Waals surface area (Å²) in [4.78, 5) is 52.4. The van der Waals surface area contributed by atoms with E-state index in [1.807, 2.05) is 30.3 Å². The lowest BCUT2D eigenvalue weighted by molar-refractivity contribution is -0.144. The second-order valence-electron chi connectivity index (χ2n) is 8.53. The van der Waals surface area contributed by atoms with E-state index in [0.29, 0.717) is 13.0 Å². The number of hydrogen-bond donors (Lipinski definition) is 3. The molecule has 194 valence electrons. The second kappa shape index (κ2) is 12.7. The standard InChI is InChI=1S/C25H31N3O8/c1-35-24(33)21(17-8-3-2-4-9-17)20-11-5-6-13-28(20)25(34)36-16-27-12-7-10-18(14-27)22(30)26-19(15-29)23(31)32/h2-4,7-10,12,19-21,29H,5-6,11,13-16H2,1H3,(H,26,30)(H,31,32)/t19-,20+,21?/m0/s1. The molecule has 1 fully saturated rings. The Morgan fingerprint density at radius 2 is 1.92 bits per heavy atom. The average molecular weight is 502 g/mol. The molecule has 0 spiro atoms. The minimum atomic E-state index is -1.42. The maximum Gasteiger partial charge on any atom is 0.411 e. The number of likely N-dealkylation sites (tertiary alicyclic amines) is 1. The maximum atomic E-state index is 13.1. The molecule has 0 saturated carbocycles. The van der Waals surface area contributed by atoms with Gasteiger partial charge in [-0.1, -0.05) is 36.4 Å². The highest BCUT2D eigenvalue weighted by atomic mass is 16.6. The molecule has 0 bridgehead atoms. The molecular formula is C25H31N3O8. The predicted molar refractivity (Wildman–Crippen MR) is 127 cm³/mol. The van der Waals surface area contributed by atoms with E-state index in [9.17, 15) is 19.2 Å². The third-order valence-electron chi connectivity index (χ3n) is 6.18. The van der Waals surface area contributed by atoms with Crippen molar-refractivity contribution in [3.05, 3.63) is 59.8 Å². The predicted octanol–water partition coefficient (Wildman–Crippen LogP) is 1.21. The number of esters is 1. The molecule has 11 nitrogen and oxygen atoms in total. The Bertz CT molecular complexity index is 1010. The fraction of sp³-hybridized carbons (Fsp3) is 0.440. The molecular weight excluding hydrogens is 470 g/mol. The molecule has 2 aliphatic rings. The molecule has 1 aromatic rings. The number of carbonyl (C=O) groups is 4. The molecule has 1 unspecified atom stereocenters. The lowest BCUT2D eigenvalue weighted by Crippen LogP contribution is -2.49. The molecule has 1 saturated heterocycles. The number of hydrogen-bond acceptors (Lipinski definition) is 8. The van der Waals surface area contributed by atoms with Crippen LogP contribution < -0.4 is 5.32 Å². The highest BCUT2D eigenvalue weighted by Gasteiger charge is 2.39. The van der Waals surface area contributed by atoms with Crippen LogP contribution in [0.4, 0.5) is 4.79 Å². The molecule has 0 radical (unpaired) electrons. The Hall–Kier alpha value is -3.86. The number of carboxylic acid groups (broad SMARTS) is 1. The van der Waals surface area contributed by atoms with Crippen LogP contribution in [0.2, 0.25) is 0 Å². The van der Waals surface area contributed by atoms with Crippen molar-refractivity contribution < 1.29 is 38.9 Å². The highest BCUT2D eigenvalue weighted by molar-refractivity contribution is 5.96. The zero-order valence-electron chi connectivity index (χ0n) is 20.0. The van der Waals surface area contributed by atoms with Gasteiger partial charge in [0.05, 0.1) is 26.3 Å². The summed E-state index contributed by atoms with van der Waals surface area (Å²) >= 11 is 0. The van der Waals surface area contributed by atoms with Crippen LogP contribution in [0, 0.1) is 0 Å². The minimum Gasteiger partial charge on any atom is -0.480 e. The van der Waals surface area contributed by atoms with Gasteiger partial charge in [-0.25, -0.2) is 9.59 Å². The van der Waals surface area contributed by atoms with Gasteiger partial charge in [0.2, 0.25) is 5.91 Å². The van der Waals surface area contributed by atoms with Crippen molar-refractivity contribution in [2.75, 3.05) is 33.5 Å². The number of nitrogens with zero attached hydrogens (tertiary/aromatic N) is 2. The smallest absolute Gasteiger partial charge is 0.411 e. The van der Waals surface area contributed by atoms with Crippen molar-refractivity contribution in [3.8, 4) is 0 Å². The van der Waals surface area contributed by atoms with Crippen molar-refractivity contribution in [2.24, 2.45) is 0 Å². The van der Waals surface area contributed by atoms with E-state index in [0.717, 1.165) is 18.4 Å². The summed E-state index contributed by atoms with van der Waals surface area (Å²) in [5.41, 5.74) is 1.01. The van der Waals surface area contributed by atoms with Crippen molar-refractivity contribution >= 4 is 23.9 Å². The number of piperidine rings is 1. The number of ether oxygens (including phenoxy) is 2. The molecule has 2 amide bonds. The number of amides is 2. The summed E-state index contributed by atoms with van der Waals surface area (Å²) in [5, 5.41) is 20.4. The van der Waals surface area contributed by atoms with Gasteiger partial charge in [-0.2, -0.15) is 0 Å². The molecule has 3 rings (SSSR count). The van der Waals surface area contributed by atoms with Crippen LogP contribution in [0.25, 0.3) is 0 Å². The fourth-order valence-corrected chi connectivity index (χ4v) is 4.33. The van der Waals surface area contributed by atoms with Crippen LogP contribution >= 0.6 is 0 Å². The number of methoxy groups -OCH3 is 1. The molecule has 3 atom stereocenters. The summed E-state index contributed by atoms with van der Waals surface area (Å²) in [6, 6.07) is 7.35. The van der Waals surface area contributed by atoms with Gasteiger partial charge in [-0.05, 0) is 30.9 Å². The van der Waals surface area contributed by atoms with Gasteiger partial charge < -0.3 is 34.8 Å². The Morgan fingerprint density at radius 1 is 1.17 bits per heavy atom. The molecule has 2 heterocycles. The van der Waals surface area contributed by atoms with Crippen LogP contribution in [0.5, 0.6) is 0 Å². The van der Waals surface area contributed by atoms with Gasteiger partial charge in [0, 0.05) is 18.3 Å². The zero-order valence-corrected chi connectivity index (χ0v) is 20.0. The van der Waals surface area contributed by atoms with Gasteiger partial charge in [0.15, 0.2) is 12.8 Å². The summed E-state index contributed by atoms with van der Waals surface area (Å²) in [6.07, 6.45) is 6.41. The number of aliphatic hydroxyl groups is 1. The van der Waals surface area contributed by atoms with Crippen LogP contribution in [0.15, 0.2) is 54.3 Å². The van der Waals surface area contributed by atoms with Gasteiger partial charge in [0.1, 0.15) is 5.92 Å². The summed E-state index contributed by atoms with van der Waals surface area (Å²) < 4.78 is 10.6. The third kappa shape index (κ3) is 6.63. The van der Waals surface area contributed by atoms with Gasteiger partial charge in [0.25, 0.3) is 0 Å². The van der Waals surface area contributed by atoms with E-state index < -0.39 is 48.5 Å². The van der Waals surface area contributed by atoms with Gasteiger partial charge in [-0.15, -0.1) is 0 Å². The van der Waals surface area contributed by atoms with E-state index >= 15 is 0 Å². The lowest BCUT2D eigenvalue weighted by Gasteiger charge is -2.39. The Balaban J connectivity index is 1.63. The largest absolute Gasteiger partial charge is 0.480 e. The van der Waals surface area contributed by atoms with Crippen molar-refractivity contribution in [1.29, 1.82) is 0 Å². The first-order valence-corrected chi connectivity index (χ1v) is 11.7. The maximum absolute atomic E-state index is 13.1. The summed E-state index contributed by atoms with van der Waals surface area (Å²) in [7, 11) is 1.33. The molecule has 0 aromatic heterocycles. The van der Waals surface area contributed by atoms with Crippen LogP contribution in [0.1, 0.15) is 30.7 Å². The second-order valence-corrected chi connectivity index (χ2v) is 8.53. The molecule has 11 heteroatoms. The number of allylic oxidation sites excluding steroid dienone is 2. The number of aliphatic hydroxyl groups excluding tert-OH is 1. The summed E-state index contributed by atoms with van der Waals surface area (Å²) in [5.74, 6) is -3.06. The van der Waals surface area contributed by atoms with Crippen molar-refractivity contribution in [2.45, 2.75) is 37.3 Å². The Kier molecular flexibility index (Phi) is 9.46. The molecule has 2 aliphatic heterocycles. The first-order chi connectivity index (χ1) is 17.3. The van der Waals surface area contributed by atoms with E-state index in [1.54, 1.807) is 22.1 Å². The number of aliphatic carboxylic acids is 1. The topological polar surface area (TPSA) is 146 Å². The molecule has 36 heavy (non-hydrogen) atoms. The van der Waals surface area contributed by atoms with E-state index in [2.05, 4.69) is 5.32 Å². The van der Waals surface area contributed by atoms with Crippen LogP contribution in [-0.2, 0) is 23.9 Å². The number of nitrogens with one attached hydrogen (secondary N) is 1. The Morgan fingerprint density at radius 3 is 2.58 bits per heavy atom. The van der Waals surface area contributed by atoms with Crippen molar-refractivity contribution in [1.82, 2.24) is 15.1 Å². The van der Waals surface area contributed by atoms with E-state index in [-0.39, 0.29) is 18.8 Å². The van der Waals surface area contributed by atoms with Crippen LogP contribution in [0.3, 0.4) is 0 Å². The highest BCUT2D eigenvalue weighted by Crippen LogP contribution is 2.32. The summed E-state index contributed by atoms with van der Waals surface area (Å²) in [6.45, 7) is -0.381. The molecule has 1 aromatic carbocycles. The molecule has 3 N–H and O–H groups in total. The fourth-order valence-electron chi connectivity index (χ4n) is 4.33. The first kappa shape index (κ1) is 26.7. The number of carbonyl (C=O) groups excluding carboxylic acids is 3. The zero-order chi connectivity index (χ0) is 26.1. The SMILES string of the molecule is COC(=O)C(c1ccccc1)[C@H]1CCCCN1C(=O)OCN1C=CC=C(C(=O)N[C@@H](CO)C(=O)O)C1. The number of carboxylic acids is 1. The van der Waals surface area contributed by atoms with Crippen molar-refractivity contribution in [3.63, 3.8) is 0 Å². The first-order valence-electron chi connectivity index (χ1n) is 11.7. The van der Waals surface area contributed by atoms with Gasteiger partial charge in [-0.3, -0.25) is 9.59 Å². The Labute approximate surface area is 209 Å². The van der Waals surface area contributed by atoms with Crippen LogP contribution in [-0.4, -0.2) is 89.6 Å².